The summed E-state index contributed by atoms with van der Waals surface area (Å²) in [6.07, 6.45) is 7.27. The Hall–Kier alpha value is -1.31. The third-order valence-corrected chi connectivity index (χ3v) is 1.52. The van der Waals surface area contributed by atoms with Gasteiger partial charge in [-0.1, -0.05) is 0 Å². The van der Waals surface area contributed by atoms with Crippen molar-refractivity contribution in [3.05, 3.63) is 35.8 Å². The fourth-order valence-electron chi connectivity index (χ4n) is 0.980. The minimum atomic E-state index is 0.652. The van der Waals surface area contributed by atoms with Crippen LogP contribution < -0.4 is 0 Å². The van der Waals surface area contributed by atoms with E-state index in [1.165, 1.54) is 5.56 Å². The fourth-order valence-corrected chi connectivity index (χ4v) is 0.980. The van der Waals surface area contributed by atoms with Crippen molar-refractivity contribution in [2.24, 2.45) is 0 Å². The third kappa shape index (κ3) is 0.778. The summed E-state index contributed by atoms with van der Waals surface area (Å²) in [5.74, 6) is 0. The molecule has 2 heterocycles. The Morgan fingerprint density at radius 1 is 1.50 bits per heavy atom. The van der Waals surface area contributed by atoms with Gasteiger partial charge in [0.1, 0.15) is 6.61 Å². The zero-order chi connectivity index (χ0) is 6.81. The van der Waals surface area contributed by atoms with E-state index in [4.69, 9.17) is 4.74 Å². The standard InChI is InChI=1S/C8H7NO/c1-3-9-5-8-6-10-4-2-7(1)8/h1-5H,6H2. The highest BCUT2D eigenvalue weighted by Gasteiger charge is 2.01. The molecule has 1 aliphatic heterocycles. The Morgan fingerprint density at radius 2 is 2.50 bits per heavy atom. The van der Waals surface area contributed by atoms with Gasteiger partial charge in [-0.15, -0.1) is 0 Å². The van der Waals surface area contributed by atoms with Crippen LogP contribution in [0, 0.1) is 0 Å². The van der Waals surface area contributed by atoms with Crippen LogP contribution >= 0.6 is 0 Å². The van der Waals surface area contributed by atoms with Crippen LogP contribution in [0.4, 0.5) is 0 Å². The number of fused-ring (bicyclic) bond motifs is 1. The molecule has 0 atom stereocenters. The first-order valence-electron chi connectivity index (χ1n) is 3.18. The van der Waals surface area contributed by atoms with E-state index in [1.807, 2.05) is 18.3 Å². The van der Waals surface area contributed by atoms with Crippen molar-refractivity contribution in [1.82, 2.24) is 4.98 Å². The SMILES string of the molecule is C1=Cc2ccncc2CO1. The van der Waals surface area contributed by atoms with Gasteiger partial charge in [0.25, 0.3) is 0 Å². The van der Waals surface area contributed by atoms with E-state index in [0.29, 0.717) is 6.61 Å². The van der Waals surface area contributed by atoms with Gasteiger partial charge in [-0.25, -0.2) is 0 Å². The molecule has 0 aliphatic carbocycles. The number of nitrogens with zero attached hydrogens (tertiary/aromatic N) is 1. The summed E-state index contributed by atoms with van der Waals surface area (Å²) < 4.78 is 5.08. The number of ether oxygens (including phenoxy) is 1. The smallest absolute Gasteiger partial charge is 0.114 e. The van der Waals surface area contributed by atoms with E-state index in [2.05, 4.69) is 4.98 Å². The molecule has 0 aromatic carbocycles. The van der Waals surface area contributed by atoms with Gasteiger partial charge < -0.3 is 4.74 Å². The Kier molecular flexibility index (Phi) is 1.17. The minimum Gasteiger partial charge on any atom is -0.496 e. The van der Waals surface area contributed by atoms with Gasteiger partial charge in [-0.05, 0) is 17.7 Å². The number of hydrogen-bond donors (Lipinski definition) is 0. The van der Waals surface area contributed by atoms with Crippen LogP contribution in [0.15, 0.2) is 24.7 Å². The maximum absolute atomic E-state index is 5.08. The van der Waals surface area contributed by atoms with Crippen LogP contribution in [0.2, 0.25) is 0 Å². The largest absolute Gasteiger partial charge is 0.496 e. The first kappa shape index (κ1) is 5.47. The second-order valence-electron chi connectivity index (χ2n) is 2.19. The molecule has 0 fully saturated rings. The second-order valence-corrected chi connectivity index (χ2v) is 2.19. The van der Waals surface area contributed by atoms with E-state index in [9.17, 15) is 0 Å². The first-order chi connectivity index (χ1) is 4.97. The molecule has 0 saturated carbocycles. The molecule has 0 saturated heterocycles. The van der Waals surface area contributed by atoms with Crippen molar-refractivity contribution in [3.63, 3.8) is 0 Å². The normalized spacial score (nSPS) is 14.0. The van der Waals surface area contributed by atoms with Gasteiger partial charge in [0.2, 0.25) is 0 Å². The van der Waals surface area contributed by atoms with Gasteiger partial charge in [-0.3, -0.25) is 4.98 Å². The molecule has 2 heteroatoms. The summed E-state index contributed by atoms with van der Waals surface area (Å²) in [5, 5.41) is 0. The lowest BCUT2D eigenvalue weighted by Crippen LogP contribution is -1.95. The van der Waals surface area contributed by atoms with Gasteiger partial charge in [-0.2, -0.15) is 0 Å². The summed E-state index contributed by atoms with van der Waals surface area (Å²) in [7, 11) is 0. The van der Waals surface area contributed by atoms with Crippen molar-refractivity contribution < 1.29 is 4.74 Å². The number of pyridine rings is 1. The molecule has 1 aromatic rings. The van der Waals surface area contributed by atoms with Gasteiger partial charge in [0.05, 0.1) is 6.26 Å². The molecule has 0 radical (unpaired) electrons. The van der Waals surface area contributed by atoms with Crippen molar-refractivity contribution in [2.45, 2.75) is 6.61 Å². The average Bonchev–Trinajstić information content (AvgIpc) is 2.05. The predicted octanol–water partition coefficient (Wildman–Crippen LogP) is 1.58. The molecule has 50 valence electrons. The molecule has 1 aromatic heterocycles. The molecule has 0 unspecified atom stereocenters. The first-order valence-corrected chi connectivity index (χ1v) is 3.18. The van der Waals surface area contributed by atoms with Crippen LogP contribution in [0.5, 0.6) is 0 Å². The minimum absolute atomic E-state index is 0.652. The fraction of sp³-hybridized carbons (Fsp3) is 0.125. The topological polar surface area (TPSA) is 22.1 Å². The summed E-state index contributed by atoms with van der Waals surface area (Å²) >= 11 is 0. The summed E-state index contributed by atoms with van der Waals surface area (Å²) in [4.78, 5) is 3.98. The van der Waals surface area contributed by atoms with Crippen LogP contribution in [0.3, 0.4) is 0 Å². The lowest BCUT2D eigenvalue weighted by Gasteiger charge is -2.08. The predicted molar refractivity (Wildman–Crippen MR) is 38.1 cm³/mol. The lowest BCUT2D eigenvalue weighted by molar-refractivity contribution is 0.234. The highest BCUT2D eigenvalue weighted by Crippen LogP contribution is 2.14. The zero-order valence-electron chi connectivity index (χ0n) is 5.45. The zero-order valence-corrected chi connectivity index (χ0v) is 5.45. The third-order valence-electron chi connectivity index (χ3n) is 1.52. The maximum atomic E-state index is 5.08. The Balaban J connectivity index is 2.54. The molecule has 0 spiro atoms. The van der Waals surface area contributed by atoms with Crippen LogP contribution in [-0.4, -0.2) is 4.98 Å². The molecule has 1 aliphatic rings. The molecular weight excluding hydrogens is 126 g/mol. The second kappa shape index (κ2) is 2.14. The Bertz CT molecular complexity index is 268. The van der Waals surface area contributed by atoms with Crippen molar-refractivity contribution in [1.29, 1.82) is 0 Å². The maximum Gasteiger partial charge on any atom is 0.114 e. The number of hydrogen-bond acceptors (Lipinski definition) is 2. The van der Waals surface area contributed by atoms with Crippen LogP contribution in [-0.2, 0) is 11.3 Å². The summed E-state index contributed by atoms with van der Waals surface area (Å²) in [6, 6.07) is 1.98. The van der Waals surface area contributed by atoms with Crippen LogP contribution in [0.1, 0.15) is 11.1 Å². The Morgan fingerprint density at radius 3 is 3.40 bits per heavy atom. The van der Waals surface area contributed by atoms with Crippen molar-refractivity contribution in [2.75, 3.05) is 0 Å². The highest BCUT2D eigenvalue weighted by atomic mass is 16.5. The average molecular weight is 133 g/mol. The lowest BCUT2D eigenvalue weighted by atomic mass is 10.1. The van der Waals surface area contributed by atoms with E-state index in [-0.39, 0.29) is 0 Å². The van der Waals surface area contributed by atoms with E-state index in [0.717, 1.165) is 5.56 Å². The highest BCUT2D eigenvalue weighted by molar-refractivity contribution is 5.52. The van der Waals surface area contributed by atoms with E-state index in [1.54, 1.807) is 12.5 Å². The summed E-state index contributed by atoms with van der Waals surface area (Å²) in [5.41, 5.74) is 2.37. The molecule has 0 N–H and O–H groups in total. The molecule has 2 rings (SSSR count). The Labute approximate surface area is 59.2 Å². The van der Waals surface area contributed by atoms with Crippen LogP contribution in [0.25, 0.3) is 6.08 Å². The van der Waals surface area contributed by atoms with Gasteiger partial charge in [0.15, 0.2) is 0 Å². The number of aromatic nitrogens is 1. The van der Waals surface area contributed by atoms with E-state index >= 15 is 0 Å². The molecule has 0 bridgehead atoms. The monoisotopic (exact) mass is 133 g/mol. The quantitative estimate of drug-likeness (QED) is 0.536. The van der Waals surface area contributed by atoms with Crippen molar-refractivity contribution >= 4 is 6.08 Å². The molecule has 0 amide bonds. The van der Waals surface area contributed by atoms with Gasteiger partial charge >= 0.3 is 0 Å². The molecule has 2 nitrogen and oxygen atoms in total. The molecule has 10 heavy (non-hydrogen) atoms. The van der Waals surface area contributed by atoms with E-state index < -0.39 is 0 Å². The number of rotatable bonds is 0. The van der Waals surface area contributed by atoms with Crippen molar-refractivity contribution in [3.8, 4) is 0 Å². The summed E-state index contributed by atoms with van der Waals surface area (Å²) in [6.45, 7) is 0.652. The van der Waals surface area contributed by atoms with Gasteiger partial charge in [0, 0.05) is 18.0 Å². The molecular formula is C8H7NO.